The average molecular weight is 764 g/mol. The molecule has 0 aliphatic heterocycles. The maximum absolute atomic E-state index is 5.29. The van der Waals surface area contributed by atoms with Crippen molar-refractivity contribution in [2.24, 2.45) is 0 Å². The van der Waals surface area contributed by atoms with Crippen LogP contribution in [-0.4, -0.2) is 15.0 Å². The minimum Gasteiger partial charge on any atom is -0.208 e. The molecule has 0 amide bonds. The monoisotopic (exact) mass is 763 g/mol. The predicted octanol–water partition coefficient (Wildman–Crippen LogP) is 15.0. The lowest BCUT2D eigenvalue weighted by molar-refractivity contribution is 1.07. The molecule has 0 spiro atoms. The normalized spacial score (nSPS) is 11.3. The molecule has 60 heavy (non-hydrogen) atoms. The number of nitrogens with zero attached hydrogens (tertiary/aromatic N) is 3. The minimum absolute atomic E-state index is 0.617. The Kier molecular flexibility index (Phi) is 8.83. The second kappa shape index (κ2) is 15.1. The van der Waals surface area contributed by atoms with Gasteiger partial charge in [-0.05, 0) is 95.0 Å². The lowest BCUT2D eigenvalue weighted by Crippen LogP contribution is -2.01. The third-order valence-electron chi connectivity index (χ3n) is 11.5. The Balaban J connectivity index is 1.09. The van der Waals surface area contributed by atoms with E-state index in [1.807, 2.05) is 12.1 Å². The molecule has 0 N–H and O–H groups in total. The van der Waals surface area contributed by atoms with E-state index in [9.17, 15) is 0 Å². The zero-order valence-corrected chi connectivity index (χ0v) is 32.7. The molecule has 0 radical (unpaired) electrons. The number of aromatic nitrogens is 3. The average Bonchev–Trinajstić information content (AvgIpc) is 3.34. The summed E-state index contributed by atoms with van der Waals surface area (Å²) in [5, 5.41) is 7.56. The molecule has 11 rings (SSSR count). The van der Waals surface area contributed by atoms with Gasteiger partial charge in [0.2, 0.25) is 0 Å². The summed E-state index contributed by atoms with van der Waals surface area (Å²) < 4.78 is 0. The first-order valence-corrected chi connectivity index (χ1v) is 20.4. The van der Waals surface area contributed by atoms with Crippen molar-refractivity contribution in [1.29, 1.82) is 0 Å². The fourth-order valence-electron chi connectivity index (χ4n) is 8.65. The van der Waals surface area contributed by atoms with Gasteiger partial charge in [-0.25, -0.2) is 15.0 Å². The summed E-state index contributed by atoms with van der Waals surface area (Å²) in [6, 6.07) is 79.4. The van der Waals surface area contributed by atoms with Crippen LogP contribution in [-0.2, 0) is 0 Å². The van der Waals surface area contributed by atoms with Gasteiger partial charge >= 0.3 is 0 Å². The van der Waals surface area contributed by atoms with Crippen molar-refractivity contribution >= 4 is 32.3 Å². The van der Waals surface area contributed by atoms with E-state index in [0.717, 1.165) is 61.2 Å². The van der Waals surface area contributed by atoms with Crippen LogP contribution < -0.4 is 0 Å². The topological polar surface area (TPSA) is 38.7 Å². The molecule has 0 saturated heterocycles. The predicted molar refractivity (Wildman–Crippen MR) is 250 cm³/mol. The Bertz CT molecular complexity index is 3240. The largest absolute Gasteiger partial charge is 0.208 e. The van der Waals surface area contributed by atoms with Gasteiger partial charge in [0.1, 0.15) is 0 Å². The second-order valence-electron chi connectivity index (χ2n) is 15.1. The minimum atomic E-state index is 0.617. The van der Waals surface area contributed by atoms with Crippen LogP contribution in [0.3, 0.4) is 0 Å². The third kappa shape index (κ3) is 6.39. The molecule has 11 aromatic rings. The smallest absolute Gasteiger partial charge is 0.164 e. The zero-order chi connectivity index (χ0) is 39.8. The van der Waals surface area contributed by atoms with Crippen LogP contribution in [0.25, 0.3) is 111 Å². The van der Waals surface area contributed by atoms with Gasteiger partial charge in [0.25, 0.3) is 0 Å². The number of fused-ring (bicyclic) bond motifs is 6. The standard InChI is InChI=1S/C57H37N3/c1-3-17-38(18-4-1)40-21-15-23-43(35-40)55-58-56(44-24-16-22-41(36-44)39-19-5-2-6-20-39)60-57(59-55)53-32-14-13-30-50(53)46-26-8-7-25-45(46)42-33-34-52-49-29-10-9-27-47(49)48-28-11-12-31-51(48)54(52)37-42/h1-37H. The van der Waals surface area contributed by atoms with Crippen molar-refractivity contribution in [2.75, 3.05) is 0 Å². The lowest BCUT2D eigenvalue weighted by atomic mass is 9.88. The molecule has 0 bridgehead atoms. The Hall–Kier alpha value is -8.01. The fourth-order valence-corrected chi connectivity index (χ4v) is 8.65. The van der Waals surface area contributed by atoms with Crippen molar-refractivity contribution < 1.29 is 0 Å². The van der Waals surface area contributed by atoms with Gasteiger partial charge in [-0.3, -0.25) is 0 Å². The van der Waals surface area contributed by atoms with Crippen LogP contribution in [0.2, 0.25) is 0 Å². The van der Waals surface area contributed by atoms with E-state index in [1.54, 1.807) is 0 Å². The van der Waals surface area contributed by atoms with Crippen LogP contribution in [0.15, 0.2) is 224 Å². The summed E-state index contributed by atoms with van der Waals surface area (Å²) in [7, 11) is 0. The first kappa shape index (κ1) is 35.2. The number of benzene rings is 10. The summed E-state index contributed by atoms with van der Waals surface area (Å²) in [5.74, 6) is 1.86. The van der Waals surface area contributed by atoms with E-state index in [1.165, 1.54) is 32.3 Å². The first-order chi connectivity index (χ1) is 29.7. The number of hydrogen-bond acceptors (Lipinski definition) is 3. The van der Waals surface area contributed by atoms with Gasteiger partial charge in [0.05, 0.1) is 0 Å². The van der Waals surface area contributed by atoms with Gasteiger partial charge < -0.3 is 0 Å². The van der Waals surface area contributed by atoms with Crippen LogP contribution in [0.1, 0.15) is 0 Å². The van der Waals surface area contributed by atoms with Gasteiger partial charge in [-0.15, -0.1) is 0 Å². The highest BCUT2D eigenvalue weighted by atomic mass is 15.0. The Morgan fingerprint density at radius 2 is 0.550 bits per heavy atom. The van der Waals surface area contributed by atoms with E-state index in [4.69, 9.17) is 15.0 Å². The highest BCUT2D eigenvalue weighted by Crippen LogP contribution is 2.42. The van der Waals surface area contributed by atoms with E-state index in [-0.39, 0.29) is 0 Å². The second-order valence-corrected chi connectivity index (χ2v) is 15.1. The van der Waals surface area contributed by atoms with Crippen molar-refractivity contribution in [2.45, 2.75) is 0 Å². The highest BCUT2D eigenvalue weighted by Gasteiger charge is 2.19. The maximum atomic E-state index is 5.29. The summed E-state index contributed by atoms with van der Waals surface area (Å²) >= 11 is 0. The zero-order valence-electron chi connectivity index (χ0n) is 32.7. The van der Waals surface area contributed by atoms with Crippen molar-refractivity contribution in [1.82, 2.24) is 15.0 Å². The summed E-state index contributed by atoms with van der Waals surface area (Å²) in [4.78, 5) is 15.8. The highest BCUT2D eigenvalue weighted by molar-refractivity contribution is 6.25. The maximum Gasteiger partial charge on any atom is 0.164 e. The summed E-state index contributed by atoms with van der Waals surface area (Å²) in [6.45, 7) is 0. The van der Waals surface area contributed by atoms with Crippen molar-refractivity contribution in [3.05, 3.63) is 224 Å². The quantitative estimate of drug-likeness (QED) is 0.152. The SMILES string of the molecule is c1ccc(-c2cccc(-c3nc(-c4cccc(-c5ccccc5)c4)nc(-c4ccccc4-c4ccccc4-c4ccc5c6ccccc6c6ccccc6c5c4)n3)c2)cc1. The molecule has 3 heteroatoms. The fraction of sp³-hybridized carbons (Fsp3) is 0. The van der Waals surface area contributed by atoms with Gasteiger partial charge in [-0.2, -0.15) is 0 Å². The molecular formula is C57H37N3. The lowest BCUT2D eigenvalue weighted by Gasteiger charge is -2.16. The molecule has 1 heterocycles. The molecule has 0 fully saturated rings. The van der Waals surface area contributed by atoms with E-state index in [0.29, 0.717) is 17.5 Å². The molecule has 0 saturated carbocycles. The van der Waals surface area contributed by atoms with Crippen LogP contribution in [0.4, 0.5) is 0 Å². The van der Waals surface area contributed by atoms with Crippen LogP contribution in [0, 0.1) is 0 Å². The molecule has 10 aromatic carbocycles. The molecule has 0 aliphatic carbocycles. The Morgan fingerprint density at radius 1 is 0.183 bits per heavy atom. The van der Waals surface area contributed by atoms with E-state index >= 15 is 0 Å². The van der Waals surface area contributed by atoms with E-state index < -0.39 is 0 Å². The summed E-state index contributed by atoms with van der Waals surface area (Å²) in [6.07, 6.45) is 0. The van der Waals surface area contributed by atoms with Crippen molar-refractivity contribution in [3.63, 3.8) is 0 Å². The Labute approximate surface area is 349 Å². The molecule has 0 unspecified atom stereocenters. The van der Waals surface area contributed by atoms with Crippen LogP contribution >= 0.6 is 0 Å². The molecule has 0 aliphatic rings. The van der Waals surface area contributed by atoms with Gasteiger partial charge in [0, 0.05) is 16.7 Å². The molecular weight excluding hydrogens is 727 g/mol. The van der Waals surface area contributed by atoms with Gasteiger partial charge in [-0.1, -0.05) is 206 Å². The Morgan fingerprint density at radius 3 is 1.08 bits per heavy atom. The van der Waals surface area contributed by atoms with Crippen molar-refractivity contribution in [3.8, 4) is 78.7 Å². The number of hydrogen-bond donors (Lipinski definition) is 0. The van der Waals surface area contributed by atoms with Crippen LogP contribution in [0.5, 0.6) is 0 Å². The van der Waals surface area contributed by atoms with E-state index in [2.05, 4.69) is 212 Å². The first-order valence-electron chi connectivity index (χ1n) is 20.4. The molecule has 280 valence electrons. The summed E-state index contributed by atoms with van der Waals surface area (Å²) in [5.41, 5.74) is 11.7. The molecule has 0 atom stereocenters. The number of rotatable bonds is 7. The molecule has 1 aromatic heterocycles. The third-order valence-corrected chi connectivity index (χ3v) is 11.5. The van der Waals surface area contributed by atoms with Gasteiger partial charge in [0.15, 0.2) is 17.5 Å². The molecule has 3 nitrogen and oxygen atoms in total.